The van der Waals surface area contributed by atoms with Gasteiger partial charge in [0.25, 0.3) is 0 Å². The predicted molar refractivity (Wildman–Crippen MR) is 123 cm³/mol. The van der Waals surface area contributed by atoms with Gasteiger partial charge >= 0.3 is 5.51 Å². The number of methoxy groups -OCH3 is 1. The molecule has 0 atom stereocenters. The highest BCUT2D eigenvalue weighted by molar-refractivity contribution is 7.92. The Labute approximate surface area is 199 Å². The predicted octanol–water partition coefficient (Wildman–Crippen LogP) is 4.31. The van der Waals surface area contributed by atoms with Gasteiger partial charge in [0.15, 0.2) is 0 Å². The lowest BCUT2D eigenvalue weighted by molar-refractivity contribution is -0.0439. The Morgan fingerprint density at radius 3 is 2.56 bits per heavy atom. The zero-order chi connectivity index (χ0) is 24.7. The first-order chi connectivity index (χ1) is 16.0. The highest BCUT2D eigenvalue weighted by Crippen LogP contribution is 2.35. The zero-order valence-electron chi connectivity index (χ0n) is 18.2. The standard InChI is InChI=1S/C22H23ClF3N3O4S/c1-33-20-8-15(12-30)17(10-18(20)23)19-11-29-7-4-16(9-21(29)27-19)28-5-2-14(3-6-28)13-34(31,32)22(24,25)26/h4,7-11,14,30H,2-3,5-6,12-13H2,1H3. The molecule has 1 fully saturated rings. The highest BCUT2D eigenvalue weighted by atomic mass is 35.5. The van der Waals surface area contributed by atoms with Crippen LogP contribution >= 0.6 is 11.6 Å². The quantitative estimate of drug-likeness (QED) is 0.524. The fraction of sp³-hybridized carbons (Fsp3) is 0.409. The van der Waals surface area contributed by atoms with Crippen LogP contribution in [-0.2, 0) is 16.4 Å². The summed E-state index contributed by atoms with van der Waals surface area (Å²) in [6.45, 7) is 0.677. The molecule has 0 bridgehead atoms. The summed E-state index contributed by atoms with van der Waals surface area (Å²) in [6.07, 6.45) is 4.34. The fourth-order valence-electron chi connectivity index (χ4n) is 4.18. The number of rotatable bonds is 6. The lowest BCUT2D eigenvalue weighted by Crippen LogP contribution is -2.38. The molecule has 1 aliphatic heterocycles. The number of aromatic nitrogens is 2. The Bertz CT molecular complexity index is 1300. The Morgan fingerprint density at radius 1 is 1.24 bits per heavy atom. The molecule has 1 saturated heterocycles. The van der Waals surface area contributed by atoms with E-state index < -0.39 is 27.0 Å². The van der Waals surface area contributed by atoms with Crippen LogP contribution < -0.4 is 9.64 Å². The number of anilines is 1. The van der Waals surface area contributed by atoms with Crippen molar-refractivity contribution in [3.63, 3.8) is 0 Å². The summed E-state index contributed by atoms with van der Waals surface area (Å²) >= 11 is 6.26. The van der Waals surface area contributed by atoms with Gasteiger partial charge in [0.2, 0.25) is 9.84 Å². The first-order valence-corrected chi connectivity index (χ1v) is 12.6. The second kappa shape index (κ2) is 9.27. The highest BCUT2D eigenvalue weighted by Gasteiger charge is 2.46. The summed E-state index contributed by atoms with van der Waals surface area (Å²) in [6, 6.07) is 7.09. The molecule has 12 heteroatoms. The number of ether oxygens (including phenoxy) is 1. The maximum absolute atomic E-state index is 12.7. The molecule has 0 radical (unpaired) electrons. The summed E-state index contributed by atoms with van der Waals surface area (Å²) in [5.74, 6) is -0.946. The molecule has 184 valence electrons. The van der Waals surface area contributed by atoms with Crippen molar-refractivity contribution in [3.05, 3.63) is 47.2 Å². The molecule has 4 rings (SSSR count). The Kier molecular flexibility index (Phi) is 6.71. The van der Waals surface area contributed by atoms with Gasteiger partial charge in [-0.25, -0.2) is 13.4 Å². The lowest BCUT2D eigenvalue weighted by atomic mass is 9.98. The van der Waals surface area contributed by atoms with Gasteiger partial charge < -0.3 is 19.1 Å². The summed E-state index contributed by atoms with van der Waals surface area (Å²) in [5.41, 5.74) is -1.83. The normalized spacial score (nSPS) is 15.8. The monoisotopic (exact) mass is 517 g/mol. The van der Waals surface area contributed by atoms with Gasteiger partial charge in [0.05, 0.1) is 30.2 Å². The maximum Gasteiger partial charge on any atom is 0.497 e. The number of hydrogen-bond donors (Lipinski definition) is 1. The molecule has 0 amide bonds. The summed E-state index contributed by atoms with van der Waals surface area (Å²) < 4.78 is 68.0. The smallest absolute Gasteiger partial charge is 0.495 e. The van der Waals surface area contributed by atoms with Crippen LogP contribution in [0.5, 0.6) is 5.75 Å². The molecule has 7 nitrogen and oxygen atoms in total. The van der Waals surface area contributed by atoms with Crippen LogP contribution in [0.2, 0.25) is 5.02 Å². The van der Waals surface area contributed by atoms with E-state index in [4.69, 9.17) is 16.3 Å². The van der Waals surface area contributed by atoms with Gasteiger partial charge in [0, 0.05) is 42.8 Å². The summed E-state index contributed by atoms with van der Waals surface area (Å²) in [5, 5.41) is 10.2. The van der Waals surface area contributed by atoms with Gasteiger partial charge in [-0.05, 0) is 42.5 Å². The summed E-state index contributed by atoms with van der Waals surface area (Å²) in [4.78, 5) is 6.66. The maximum atomic E-state index is 12.7. The second-order valence-corrected chi connectivity index (χ2v) is 10.7. The minimum atomic E-state index is -5.21. The SMILES string of the molecule is COc1cc(CO)c(-c2cn3ccc(N4CCC(CS(=O)(=O)C(F)(F)F)CC4)cc3n2)cc1Cl. The van der Waals surface area contributed by atoms with Gasteiger partial charge in [-0.2, -0.15) is 13.2 Å². The third-order valence-corrected chi connectivity index (χ3v) is 7.97. The van der Waals surface area contributed by atoms with Crippen LogP contribution in [0.25, 0.3) is 16.9 Å². The molecule has 0 saturated carbocycles. The first kappa shape index (κ1) is 24.6. The number of halogens is 4. The number of nitrogens with zero attached hydrogens (tertiary/aromatic N) is 3. The van der Waals surface area contributed by atoms with Crippen LogP contribution in [0.4, 0.5) is 18.9 Å². The Hall–Kier alpha value is -2.50. The number of piperidine rings is 1. The molecular weight excluding hydrogens is 495 g/mol. The first-order valence-electron chi connectivity index (χ1n) is 10.5. The van der Waals surface area contributed by atoms with Crippen molar-refractivity contribution >= 4 is 32.8 Å². The average molecular weight is 518 g/mol. The second-order valence-electron chi connectivity index (χ2n) is 8.24. The molecular formula is C22H23ClF3N3O4S. The van der Waals surface area contributed by atoms with Crippen LogP contribution in [0, 0.1) is 5.92 Å². The van der Waals surface area contributed by atoms with E-state index in [0.717, 1.165) is 5.69 Å². The van der Waals surface area contributed by atoms with Crippen LogP contribution in [0.15, 0.2) is 36.7 Å². The topological polar surface area (TPSA) is 84.1 Å². The number of pyridine rings is 1. The number of aliphatic hydroxyl groups is 1. The lowest BCUT2D eigenvalue weighted by Gasteiger charge is -2.33. The van der Waals surface area contributed by atoms with Crippen LogP contribution in [0.1, 0.15) is 18.4 Å². The van der Waals surface area contributed by atoms with E-state index in [2.05, 4.69) is 4.98 Å². The third kappa shape index (κ3) is 4.82. The minimum Gasteiger partial charge on any atom is -0.495 e. The van der Waals surface area contributed by atoms with Crippen molar-refractivity contribution < 1.29 is 31.4 Å². The number of aliphatic hydroxyl groups excluding tert-OH is 1. The summed E-state index contributed by atoms with van der Waals surface area (Å²) in [7, 11) is -3.62. The van der Waals surface area contributed by atoms with Crippen LogP contribution in [-0.4, -0.2) is 54.4 Å². The largest absolute Gasteiger partial charge is 0.497 e. The van der Waals surface area contributed by atoms with E-state index in [9.17, 15) is 26.7 Å². The zero-order valence-corrected chi connectivity index (χ0v) is 19.8. The van der Waals surface area contributed by atoms with Crippen molar-refractivity contribution in [3.8, 4) is 17.0 Å². The van der Waals surface area contributed by atoms with E-state index in [1.807, 2.05) is 33.8 Å². The van der Waals surface area contributed by atoms with Gasteiger partial charge in [-0.1, -0.05) is 11.6 Å². The van der Waals surface area contributed by atoms with E-state index in [1.165, 1.54) is 7.11 Å². The molecule has 3 aromatic rings. The number of sulfone groups is 1. The van der Waals surface area contributed by atoms with Crippen molar-refractivity contribution in [1.82, 2.24) is 9.38 Å². The molecule has 34 heavy (non-hydrogen) atoms. The van der Waals surface area contributed by atoms with Crippen LogP contribution in [0.3, 0.4) is 0 Å². The Morgan fingerprint density at radius 2 is 1.94 bits per heavy atom. The van der Waals surface area contributed by atoms with Crippen molar-refractivity contribution in [2.24, 2.45) is 5.92 Å². The van der Waals surface area contributed by atoms with Crippen molar-refractivity contribution in [1.29, 1.82) is 0 Å². The molecule has 3 heterocycles. The van der Waals surface area contributed by atoms with E-state index in [0.29, 0.717) is 59.2 Å². The average Bonchev–Trinajstić information content (AvgIpc) is 3.21. The molecule has 1 aromatic carbocycles. The molecule has 1 N–H and O–H groups in total. The molecule has 0 spiro atoms. The van der Waals surface area contributed by atoms with Gasteiger partial charge in [-0.3, -0.25) is 0 Å². The van der Waals surface area contributed by atoms with E-state index in [1.54, 1.807) is 12.1 Å². The molecule has 1 aliphatic rings. The number of imidazole rings is 1. The van der Waals surface area contributed by atoms with Gasteiger partial charge in [-0.15, -0.1) is 0 Å². The van der Waals surface area contributed by atoms with Crippen molar-refractivity contribution in [2.45, 2.75) is 25.0 Å². The van der Waals surface area contributed by atoms with Gasteiger partial charge in [0.1, 0.15) is 11.4 Å². The molecule has 0 aliphatic carbocycles. The van der Waals surface area contributed by atoms with Crippen molar-refractivity contribution in [2.75, 3.05) is 30.9 Å². The molecule has 0 unspecified atom stereocenters. The number of fused-ring (bicyclic) bond motifs is 1. The third-order valence-electron chi connectivity index (χ3n) is 6.06. The minimum absolute atomic E-state index is 0.221. The fourth-order valence-corrected chi connectivity index (χ4v) is 5.57. The number of hydrogen-bond acceptors (Lipinski definition) is 6. The van der Waals surface area contributed by atoms with E-state index >= 15 is 0 Å². The van der Waals surface area contributed by atoms with E-state index in [-0.39, 0.29) is 6.61 Å². The molecule has 2 aromatic heterocycles. The Balaban J connectivity index is 1.52. The number of benzene rings is 1. The number of alkyl halides is 3.